The predicted molar refractivity (Wildman–Crippen MR) is 154 cm³/mol. The Bertz CT molecular complexity index is 1640. The van der Waals surface area contributed by atoms with Crippen LogP contribution in [0.4, 0.5) is 11.4 Å². The lowest BCUT2D eigenvalue weighted by Crippen LogP contribution is -2.56. The lowest BCUT2D eigenvalue weighted by atomic mass is 9.73. The van der Waals surface area contributed by atoms with Gasteiger partial charge in [0.25, 0.3) is 10.9 Å². The van der Waals surface area contributed by atoms with Gasteiger partial charge in [-0.05, 0) is 60.0 Å². The molecule has 1 aliphatic carbocycles. The molecule has 3 N–H and O–H groups in total. The molecule has 0 saturated carbocycles. The summed E-state index contributed by atoms with van der Waals surface area (Å²) in [6, 6.07) is 17.4. The summed E-state index contributed by atoms with van der Waals surface area (Å²) in [6.45, 7) is 6.02. The number of hydrogen-bond acceptors (Lipinski definition) is 7. The van der Waals surface area contributed by atoms with Gasteiger partial charge in [-0.1, -0.05) is 48.5 Å². The molecule has 4 heterocycles. The smallest absolute Gasteiger partial charge is 0.253 e. The molecule has 7 atom stereocenters. The highest BCUT2D eigenvalue weighted by Crippen LogP contribution is 2.44. The highest BCUT2D eigenvalue weighted by atomic mass is 16.3. The second-order valence-corrected chi connectivity index (χ2v) is 11.3. The molecule has 198 valence electrons. The molecule has 3 fully saturated rings. The van der Waals surface area contributed by atoms with E-state index in [2.05, 4.69) is 39.2 Å². The van der Waals surface area contributed by atoms with E-state index in [1.54, 1.807) is 0 Å². The van der Waals surface area contributed by atoms with Gasteiger partial charge >= 0.3 is 0 Å². The molecule has 8 rings (SSSR count). The van der Waals surface area contributed by atoms with Gasteiger partial charge in [-0.2, -0.15) is 0 Å². The topological polar surface area (TPSA) is 94.6 Å². The van der Waals surface area contributed by atoms with Gasteiger partial charge in [-0.25, -0.2) is 0 Å². The number of aromatic nitrogens is 1. The molecule has 2 bridgehead atoms. The molecule has 4 aromatic rings. The maximum atomic E-state index is 13.0. The SMILES string of the molecule is C=C[C@H]1CN2CC[C@H]1C[C@@H]2[C@H](Nc1c(N[C@@H]2c3ccccc3C[C@@H]2O)c(=O)c1=O)c1ccnc2ccccc12. The highest BCUT2D eigenvalue weighted by molar-refractivity contribution is 5.84. The lowest BCUT2D eigenvalue weighted by molar-refractivity contribution is 0.0105. The molecule has 39 heavy (non-hydrogen) atoms. The fourth-order valence-corrected chi connectivity index (χ4v) is 7.22. The van der Waals surface area contributed by atoms with Crippen molar-refractivity contribution < 1.29 is 5.11 Å². The fourth-order valence-electron chi connectivity index (χ4n) is 7.22. The van der Waals surface area contributed by atoms with Crippen LogP contribution in [-0.2, 0) is 6.42 Å². The highest BCUT2D eigenvalue weighted by Gasteiger charge is 2.44. The van der Waals surface area contributed by atoms with Gasteiger partial charge in [-0.15, -0.1) is 6.58 Å². The number of para-hydroxylation sites is 1. The molecule has 0 radical (unpaired) electrons. The lowest BCUT2D eigenvalue weighted by Gasteiger charge is -2.52. The van der Waals surface area contributed by atoms with Gasteiger partial charge in [0.1, 0.15) is 11.4 Å². The van der Waals surface area contributed by atoms with Crippen molar-refractivity contribution in [2.24, 2.45) is 11.8 Å². The number of piperidine rings is 3. The summed E-state index contributed by atoms with van der Waals surface area (Å²) in [5.74, 6) is 1.02. The third-order valence-corrected chi connectivity index (χ3v) is 9.27. The van der Waals surface area contributed by atoms with Crippen LogP contribution in [0.5, 0.6) is 0 Å². The van der Waals surface area contributed by atoms with E-state index in [1.165, 1.54) is 0 Å². The van der Waals surface area contributed by atoms with Gasteiger partial charge in [0.05, 0.1) is 23.7 Å². The first kappa shape index (κ1) is 24.2. The molecule has 7 heteroatoms. The zero-order chi connectivity index (χ0) is 26.7. The first-order chi connectivity index (χ1) is 19.0. The third-order valence-electron chi connectivity index (χ3n) is 9.27. The second kappa shape index (κ2) is 9.43. The number of pyridine rings is 1. The number of rotatable bonds is 7. The average molecular weight is 521 g/mol. The summed E-state index contributed by atoms with van der Waals surface area (Å²) in [4.78, 5) is 33.0. The standard InChI is InChI=1S/C32H32N4O3/c1-2-18-17-36-14-12-19(18)15-25(36)27(23-11-13-33-24-10-6-5-9-22(23)24)34-29-30(32(39)31(29)38)35-28-21-8-4-3-7-20(21)16-26(28)37/h2-11,13,18-19,25-28,34-35,37H,1,12,14-17H2/t18-,19-,25+,26-,27+,28+/m0/s1. The Kier molecular flexibility index (Phi) is 5.86. The van der Waals surface area contributed by atoms with Gasteiger partial charge in [0, 0.05) is 30.6 Å². The van der Waals surface area contributed by atoms with Crippen molar-refractivity contribution in [1.29, 1.82) is 0 Å². The minimum Gasteiger partial charge on any atom is -0.390 e. The monoisotopic (exact) mass is 520 g/mol. The summed E-state index contributed by atoms with van der Waals surface area (Å²) in [7, 11) is 0. The summed E-state index contributed by atoms with van der Waals surface area (Å²) in [6.07, 6.45) is 5.88. The average Bonchev–Trinajstić information content (AvgIpc) is 3.31. The van der Waals surface area contributed by atoms with Gasteiger partial charge < -0.3 is 15.7 Å². The molecule has 3 aliphatic heterocycles. The number of aliphatic hydroxyl groups excluding tert-OH is 1. The van der Waals surface area contributed by atoms with Crippen molar-refractivity contribution in [2.45, 2.75) is 43.5 Å². The molecular weight excluding hydrogens is 488 g/mol. The minimum absolute atomic E-state index is 0.154. The molecule has 1 unspecified atom stereocenters. The molecule has 3 aromatic carbocycles. The minimum atomic E-state index is -0.671. The Morgan fingerprint density at radius 1 is 1.05 bits per heavy atom. The Hall–Kier alpha value is -3.81. The normalized spacial score (nSPS) is 28.3. The third kappa shape index (κ3) is 3.91. The van der Waals surface area contributed by atoms with Crippen LogP contribution in [0.25, 0.3) is 10.9 Å². The number of benzene rings is 2. The molecule has 0 amide bonds. The summed E-state index contributed by atoms with van der Waals surface area (Å²) in [5, 5.41) is 18.6. The molecule has 0 spiro atoms. The van der Waals surface area contributed by atoms with Crippen molar-refractivity contribution in [3.63, 3.8) is 0 Å². The van der Waals surface area contributed by atoms with E-state index in [-0.39, 0.29) is 17.8 Å². The Morgan fingerprint density at radius 2 is 1.85 bits per heavy atom. The predicted octanol–water partition coefficient (Wildman–Crippen LogP) is 3.95. The first-order valence-electron chi connectivity index (χ1n) is 13.9. The number of nitrogens with zero attached hydrogens (tertiary/aromatic N) is 2. The summed E-state index contributed by atoms with van der Waals surface area (Å²) < 4.78 is 0. The van der Waals surface area contributed by atoms with Crippen LogP contribution in [0.1, 0.15) is 41.6 Å². The zero-order valence-corrected chi connectivity index (χ0v) is 21.7. The van der Waals surface area contributed by atoms with Crippen molar-refractivity contribution in [3.8, 4) is 0 Å². The van der Waals surface area contributed by atoms with E-state index in [9.17, 15) is 14.7 Å². The maximum Gasteiger partial charge on any atom is 0.253 e. The number of aliphatic hydroxyl groups is 1. The van der Waals surface area contributed by atoms with Crippen LogP contribution in [0, 0.1) is 11.8 Å². The first-order valence-corrected chi connectivity index (χ1v) is 13.9. The number of anilines is 2. The van der Waals surface area contributed by atoms with Gasteiger partial charge in [-0.3, -0.25) is 19.5 Å². The van der Waals surface area contributed by atoms with Crippen LogP contribution >= 0.6 is 0 Å². The van der Waals surface area contributed by atoms with Gasteiger partial charge in [0.2, 0.25) is 0 Å². The van der Waals surface area contributed by atoms with Crippen LogP contribution in [0.15, 0.2) is 83.0 Å². The molecular formula is C32H32N4O3. The summed E-state index contributed by atoms with van der Waals surface area (Å²) >= 11 is 0. The van der Waals surface area contributed by atoms with E-state index < -0.39 is 23.0 Å². The number of fused-ring (bicyclic) bond motifs is 5. The fraction of sp³-hybridized carbons (Fsp3) is 0.344. The largest absolute Gasteiger partial charge is 0.390 e. The van der Waals surface area contributed by atoms with E-state index in [0.717, 1.165) is 53.5 Å². The van der Waals surface area contributed by atoms with E-state index in [0.29, 0.717) is 23.9 Å². The zero-order valence-electron chi connectivity index (χ0n) is 21.7. The summed E-state index contributed by atoms with van der Waals surface area (Å²) in [5.41, 5.74) is 3.52. The maximum absolute atomic E-state index is 13.0. The number of nitrogens with one attached hydrogen (secondary N) is 2. The van der Waals surface area contributed by atoms with Crippen molar-refractivity contribution in [3.05, 3.63) is 111 Å². The van der Waals surface area contributed by atoms with Crippen LogP contribution in [0.3, 0.4) is 0 Å². The van der Waals surface area contributed by atoms with Gasteiger partial charge in [0.15, 0.2) is 0 Å². The van der Waals surface area contributed by atoms with Crippen LogP contribution in [0.2, 0.25) is 0 Å². The molecule has 7 nitrogen and oxygen atoms in total. The molecule has 1 aromatic heterocycles. The van der Waals surface area contributed by atoms with E-state index in [1.807, 2.05) is 54.7 Å². The van der Waals surface area contributed by atoms with Crippen molar-refractivity contribution >= 4 is 22.3 Å². The Morgan fingerprint density at radius 3 is 2.67 bits per heavy atom. The van der Waals surface area contributed by atoms with Crippen LogP contribution in [-0.4, -0.2) is 40.2 Å². The van der Waals surface area contributed by atoms with E-state index in [4.69, 9.17) is 0 Å². The van der Waals surface area contributed by atoms with E-state index >= 15 is 0 Å². The second-order valence-electron chi connectivity index (χ2n) is 11.3. The quantitative estimate of drug-likeness (QED) is 0.251. The molecule has 4 aliphatic rings. The van der Waals surface area contributed by atoms with Crippen LogP contribution < -0.4 is 21.5 Å². The number of hydrogen-bond donors (Lipinski definition) is 3. The Labute approximate surface area is 226 Å². The molecule has 3 saturated heterocycles. The van der Waals surface area contributed by atoms with Crippen molar-refractivity contribution in [1.82, 2.24) is 9.88 Å². The van der Waals surface area contributed by atoms with Crippen molar-refractivity contribution in [2.75, 3.05) is 23.7 Å². The Balaban J connectivity index is 1.27.